The highest BCUT2D eigenvalue weighted by Gasteiger charge is 2.34. The number of carbonyl (C=O) groups is 6. The van der Waals surface area contributed by atoms with Crippen LogP contribution in [0.25, 0.3) is 0 Å². The number of nitrogens with one attached hydrogen (secondary N) is 4. The van der Waals surface area contributed by atoms with Crippen molar-refractivity contribution in [1.29, 1.82) is 0 Å². The first-order valence-corrected chi connectivity index (χ1v) is 17.1. The molecule has 0 saturated carbocycles. The lowest BCUT2D eigenvalue weighted by Gasteiger charge is -2.16. The molecule has 0 spiro atoms. The second kappa shape index (κ2) is 15.3. The van der Waals surface area contributed by atoms with Gasteiger partial charge in [0.1, 0.15) is 21.2 Å². The summed E-state index contributed by atoms with van der Waals surface area (Å²) >= 11 is 0. The van der Waals surface area contributed by atoms with Crippen LogP contribution in [0.2, 0.25) is 0 Å². The average molecular weight is 759 g/mol. The zero-order chi connectivity index (χ0) is 38.5. The van der Waals surface area contributed by atoms with Crippen molar-refractivity contribution < 1.29 is 59.4 Å². The summed E-state index contributed by atoms with van der Waals surface area (Å²) in [6.45, 7) is 2.31. The number of ether oxygens (including phenoxy) is 1. The second-order valence-corrected chi connectivity index (χ2v) is 13.4. The summed E-state index contributed by atoms with van der Waals surface area (Å²) < 4.78 is 72.1. The first-order valence-electron chi connectivity index (χ1n) is 14.3. The van der Waals surface area contributed by atoms with E-state index in [-0.39, 0.29) is 33.9 Å². The van der Waals surface area contributed by atoms with Crippen LogP contribution < -0.4 is 26.0 Å². The molecule has 1 aliphatic heterocycles. The number of amides is 6. The van der Waals surface area contributed by atoms with Crippen LogP contribution in [0.4, 0.5) is 27.5 Å². The number of azo groups is 2. The van der Waals surface area contributed by atoms with Crippen LogP contribution in [0.1, 0.15) is 22.8 Å². The van der Waals surface area contributed by atoms with Crippen molar-refractivity contribution in [2.45, 2.75) is 35.7 Å². The molecule has 1 unspecified atom stereocenters. The number of anilines is 2. The first kappa shape index (κ1) is 38.5. The van der Waals surface area contributed by atoms with Crippen LogP contribution in [-0.2, 0) is 39.4 Å². The van der Waals surface area contributed by atoms with Gasteiger partial charge < -0.3 is 15.4 Å². The van der Waals surface area contributed by atoms with Crippen molar-refractivity contribution in [2.75, 3.05) is 17.7 Å². The number of Topliss-reactive ketones (excluding diaryl/α,β-unsaturated/α-hetero) is 1. The molecule has 3 aromatic carbocycles. The predicted molar refractivity (Wildman–Crippen MR) is 176 cm³/mol. The number of barbiturate groups is 1. The summed E-state index contributed by atoms with van der Waals surface area (Å²) in [7, 11) is -8.52. The van der Waals surface area contributed by atoms with E-state index in [1.165, 1.54) is 37.3 Å². The SMILES string of the molecule is COc1cc(S(=O)(=O)O)c(C)cc1NC(=O)C(N=Nc1ccc(NC(=O)c2ccc(N=NC3C(=O)NC(=O)NC3=O)cc2)cc1S(=O)(=O)O)C(C)=O. The second-order valence-electron chi connectivity index (χ2n) is 10.6. The van der Waals surface area contributed by atoms with Crippen LogP contribution in [0.5, 0.6) is 5.75 Å². The minimum atomic E-state index is -5.03. The molecule has 21 nitrogen and oxygen atoms in total. The number of hydrogen-bond acceptors (Lipinski definition) is 15. The Bertz CT molecular complexity index is 2270. The van der Waals surface area contributed by atoms with Gasteiger partial charge in [-0.15, -0.1) is 0 Å². The Morgan fingerprint density at radius 2 is 1.46 bits per heavy atom. The van der Waals surface area contributed by atoms with Crippen LogP contribution in [-0.4, -0.2) is 80.6 Å². The van der Waals surface area contributed by atoms with Gasteiger partial charge in [0, 0.05) is 17.3 Å². The molecule has 1 atom stereocenters. The van der Waals surface area contributed by atoms with Gasteiger partial charge in [0.2, 0.25) is 12.1 Å². The van der Waals surface area contributed by atoms with Crippen molar-refractivity contribution in [3.8, 4) is 5.75 Å². The van der Waals surface area contributed by atoms with Gasteiger partial charge in [-0.3, -0.25) is 43.7 Å². The zero-order valence-corrected chi connectivity index (χ0v) is 28.5. The summed E-state index contributed by atoms with van der Waals surface area (Å²) in [6.07, 6.45) is 0. The Balaban J connectivity index is 1.51. The molecule has 0 aliphatic carbocycles. The van der Waals surface area contributed by atoms with E-state index in [0.29, 0.717) is 0 Å². The molecule has 52 heavy (non-hydrogen) atoms. The van der Waals surface area contributed by atoms with E-state index in [4.69, 9.17) is 4.74 Å². The molecule has 6 amide bonds. The molecule has 1 saturated heterocycles. The number of ketones is 1. The van der Waals surface area contributed by atoms with E-state index in [9.17, 15) is 54.7 Å². The summed E-state index contributed by atoms with van der Waals surface area (Å²) in [6, 6.07) is 5.85. The maximum absolute atomic E-state index is 13.0. The van der Waals surface area contributed by atoms with E-state index < -0.39 is 83.2 Å². The Morgan fingerprint density at radius 3 is 2.02 bits per heavy atom. The number of benzene rings is 3. The molecule has 6 N–H and O–H groups in total. The molecule has 0 bridgehead atoms. The van der Waals surface area contributed by atoms with Gasteiger partial charge in [-0.1, -0.05) is 0 Å². The van der Waals surface area contributed by atoms with Crippen LogP contribution in [0, 0.1) is 6.92 Å². The van der Waals surface area contributed by atoms with Crippen LogP contribution in [0.3, 0.4) is 0 Å². The summed E-state index contributed by atoms with van der Waals surface area (Å²) in [5.41, 5.74) is -0.584. The minimum absolute atomic E-state index is 0.0202. The number of nitrogens with zero attached hydrogens (tertiary/aromatic N) is 4. The molecule has 23 heteroatoms. The molecule has 1 fully saturated rings. The van der Waals surface area contributed by atoms with E-state index in [1.807, 2.05) is 10.6 Å². The van der Waals surface area contributed by atoms with Crippen molar-refractivity contribution in [1.82, 2.24) is 10.6 Å². The van der Waals surface area contributed by atoms with E-state index in [0.717, 1.165) is 38.3 Å². The fraction of sp³-hybridized carbons (Fsp3) is 0.172. The molecular weight excluding hydrogens is 732 g/mol. The number of aryl methyl sites for hydroxylation is 1. The molecular formula is C29H26N8O13S2. The minimum Gasteiger partial charge on any atom is -0.495 e. The van der Waals surface area contributed by atoms with E-state index >= 15 is 0 Å². The van der Waals surface area contributed by atoms with Gasteiger partial charge in [0.05, 0.1) is 18.5 Å². The van der Waals surface area contributed by atoms with Gasteiger partial charge in [-0.2, -0.15) is 37.3 Å². The average Bonchev–Trinajstić information content (AvgIpc) is 3.04. The number of methoxy groups -OCH3 is 1. The maximum atomic E-state index is 13.0. The van der Waals surface area contributed by atoms with Crippen molar-refractivity contribution >= 4 is 78.4 Å². The fourth-order valence-electron chi connectivity index (χ4n) is 4.36. The molecule has 1 aliphatic rings. The maximum Gasteiger partial charge on any atom is 0.328 e. The highest BCUT2D eigenvalue weighted by atomic mass is 32.2. The van der Waals surface area contributed by atoms with Gasteiger partial charge in [-0.25, -0.2) is 4.79 Å². The molecule has 272 valence electrons. The number of hydrogen-bond donors (Lipinski definition) is 6. The van der Waals surface area contributed by atoms with Gasteiger partial charge in [0.25, 0.3) is 43.9 Å². The standard InChI is InChI=1S/C29H26N8O13S2/c1-13-10-19(20(50-3)12-21(13)51(44,45)46)31-26(40)23(14(2)38)36-35-18-9-8-17(11-22(18)52(47,48)49)30-25(39)15-4-6-16(7-5-15)34-37-24-27(41)32-29(43)33-28(24)42/h4-12,23-24H,1-3H3,(H,30,39)(H,31,40)(H,44,45,46)(H,47,48,49)(H2,32,33,41,42,43). The fourth-order valence-corrected chi connectivity index (χ4v) is 5.73. The molecule has 4 rings (SSSR count). The quantitative estimate of drug-likeness (QED) is 0.0878. The van der Waals surface area contributed by atoms with Gasteiger partial charge in [-0.05, 0) is 67.9 Å². The topological polar surface area (TPSA) is 318 Å². The Kier molecular flexibility index (Phi) is 11.3. The molecule has 0 radical (unpaired) electrons. The number of imide groups is 2. The summed E-state index contributed by atoms with van der Waals surface area (Å²) in [4.78, 5) is 71.6. The van der Waals surface area contributed by atoms with Gasteiger partial charge in [0.15, 0.2) is 5.78 Å². The molecule has 3 aromatic rings. The van der Waals surface area contributed by atoms with Crippen LogP contribution in [0.15, 0.2) is 84.8 Å². The number of rotatable bonds is 12. The monoisotopic (exact) mass is 758 g/mol. The van der Waals surface area contributed by atoms with Crippen molar-refractivity contribution in [2.24, 2.45) is 20.5 Å². The van der Waals surface area contributed by atoms with Gasteiger partial charge >= 0.3 is 6.03 Å². The Labute approximate surface area is 293 Å². The predicted octanol–water partition coefficient (Wildman–Crippen LogP) is 2.25. The first-order chi connectivity index (χ1) is 24.3. The third-order valence-electron chi connectivity index (χ3n) is 6.83. The zero-order valence-electron chi connectivity index (χ0n) is 26.8. The summed E-state index contributed by atoms with van der Waals surface area (Å²) in [5, 5.41) is 23.1. The highest BCUT2D eigenvalue weighted by Crippen LogP contribution is 2.32. The largest absolute Gasteiger partial charge is 0.495 e. The lowest BCUT2D eigenvalue weighted by molar-refractivity contribution is -0.132. The van der Waals surface area contributed by atoms with Crippen molar-refractivity contribution in [3.63, 3.8) is 0 Å². The number of carbonyl (C=O) groups excluding carboxylic acids is 6. The van der Waals surface area contributed by atoms with E-state index in [1.54, 1.807) is 0 Å². The normalized spacial score (nSPS) is 14.5. The molecule has 1 heterocycles. The number of urea groups is 1. The van der Waals surface area contributed by atoms with Crippen molar-refractivity contribution in [3.05, 3.63) is 65.7 Å². The third-order valence-corrected chi connectivity index (χ3v) is 8.71. The Morgan fingerprint density at radius 1 is 0.846 bits per heavy atom. The third kappa shape index (κ3) is 9.27. The lowest BCUT2D eigenvalue weighted by atomic mass is 10.1. The molecule has 0 aromatic heterocycles. The summed E-state index contributed by atoms with van der Waals surface area (Å²) in [5.74, 6) is -4.84. The smallest absolute Gasteiger partial charge is 0.328 e. The Hall–Kier alpha value is -6.30. The van der Waals surface area contributed by atoms with E-state index in [2.05, 4.69) is 31.1 Å². The lowest BCUT2D eigenvalue weighted by Crippen LogP contribution is -2.57. The van der Waals surface area contributed by atoms with Crippen LogP contribution >= 0.6 is 0 Å². The highest BCUT2D eigenvalue weighted by molar-refractivity contribution is 7.86.